The van der Waals surface area contributed by atoms with Crippen LogP contribution in [-0.4, -0.2) is 26.0 Å². The van der Waals surface area contributed by atoms with Gasteiger partial charge in [-0.3, -0.25) is 0 Å². The summed E-state index contributed by atoms with van der Waals surface area (Å²) >= 11 is 0. The Balaban J connectivity index is 1.38. The maximum absolute atomic E-state index is 13.1. The summed E-state index contributed by atoms with van der Waals surface area (Å²) in [5, 5.41) is 3.43. The highest BCUT2D eigenvalue weighted by Gasteiger charge is 2.11. The molecule has 5 aromatic rings. The smallest absolute Gasteiger partial charge is 0.161 e. The number of fused-ring (bicyclic) bond motifs is 1. The van der Waals surface area contributed by atoms with Gasteiger partial charge in [0.05, 0.1) is 36.2 Å². The minimum absolute atomic E-state index is 0.277. The lowest BCUT2D eigenvalue weighted by Gasteiger charge is -2.13. The summed E-state index contributed by atoms with van der Waals surface area (Å²) in [6.07, 6.45) is 7.56. The van der Waals surface area contributed by atoms with Crippen molar-refractivity contribution in [3.63, 3.8) is 0 Å². The van der Waals surface area contributed by atoms with Crippen LogP contribution in [0.25, 0.3) is 11.3 Å². The van der Waals surface area contributed by atoms with E-state index >= 15 is 0 Å². The van der Waals surface area contributed by atoms with Crippen LogP contribution in [0.1, 0.15) is 11.4 Å². The minimum atomic E-state index is -0.296. The first-order valence-corrected chi connectivity index (χ1v) is 10.4. The topological polar surface area (TPSA) is 65.6 Å². The van der Waals surface area contributed by atoms with Crippen molar-refractivity contribution in [2.75, 3.05) is 12.4 Å². The van der Waals surface area contributed by atoms with Crippen molar-refractivity contribution < 1.29 is 13.9 Å². The van der Waals surface area contributed by atoms with Crippen LogP contribution in [0.15, 0.2) is 79.5 Å². The number of anilines is 2. The van der Waals surface area contributed by atoms with E-state index in [0.717, 1.165) is 39.8 Å². The second-order valence-electron chi connectivity index (χ2n) is 7.56. The Morgan fingerprint density at radius 1 is 1.06 bits per heavy atom. The van der Waals surface area contributed by atoms with E-state index in [1.54, 1.807) is 25.6 Å². The molecular weight excluding hydrogens is 421 g/mol. The van der Waals surface area contributed by atoms with Gasteiger partial charge in [0.15, 0.2) is 5.65 Å². The van der Waals surface area contributed by atoms with Gasteiger partial charge in [0, 0.05) is 30.3 Å². The molecule has 3 heterocycles. The highest BCUT2D eigenvalue weighted by atomic mass is 19.1. The summed E-state index contributed by atoms with van der Waals surface area (Å²) in [5.74, 6) is 1.02. The number of methoxy groups -OCH3 is 1. The minimum Gasteiger partial charge on any atom is -0.494 e. The molecule has 0 aliphatic heterocycles. The molecular formula is C25H22FN5O2. The summed E-state index contributed by atoms with van der Waals surface area (Å²) in [6, 6.07) is 15.8. The number of nitrogens with one attached hydrogen (secondary N) is 1. The first-order chi connectivity index (χ1) is 16.1. The molecule has 33 heavy (non-hydrogen) atoms. The van der Waals surface area contributed by atoms with E-state index in [1.165, 1.54) is 12.1 Å². The predicted octanol–water partition coefficient (Wildman–Crippen LogP) is 5.30. The third-order valence-corrected chi connectivity index (χ3v) is 5.18. The lowest BCUT2D eigenvalue weighted by Crippen LogP contribution is -1.99. The summed E-state index contributed by atoms with van der Waals surface area (Å²) in [4.78, 5) is 9.00. The lowest BCUT2D eigenvalue weighted by molar-refractivity contribution is 0.301. The molecule has 7 nitrogen and oxygen atoms in total. The van der Waals surface area contributed by atoms with Crippen molar-refractivity contribution in [1.82, 2.24) is 18.9 Å². The lowest BCUT2D eigenvalue weighted by atomic mass is 10.2. The molecule has 0 aliphatic rings. The number of imidazole rings is 2. The van der Waals surface area contributed by atoms with Crippen LogP contribution in [-0.2, 0) is 6.61 Å². The average Bonchev–Trinajstić information content (AvgIpc) is 3.45. The van der Waals surface area contributed by atoms with Crippen LogP contribution in [0.4, 0.5) is 15.8 Å². The fourth-order valence-corrected chi connectivity index (χ4v) is 3.60. The monoisotopic (exact) mass is 443 g/mol. The van der Waals surface area contributed by atoms with E-state index in [-0.39, 0.29) is 12.4 Å². The second-order valence-corrected chi connectivity index (χ2v) is 7.56. The van der Waals surface area contributed by atoms with Crippen molar-refractivity contribution in [3.05, 3.63) is 96.7 Å². The maximum atomic E-state index is 13.1. The quantitative estimate of drug-likeness (QED) is 0.370. The molecule has 0 fully saturated rings. The third kappa shape index (κ3) is 4.36. The molecule has 1 N–H and O–H groups in total. The van der Waals surface area contributed by atoms with Crippen molar-refractivity contribution >= 4 is 17.0 Å². The Morgan fingerprint density at radius 3 is 2.67 bits per heavy atom. The molecule has 0 saturated carbocycles. The Hall–Kier alpha value is -4.33. The standard InChI is InChI=1S/C25H22FN5O2/c1-17-13-31(16-27-17)23-10-7-19(12-24(23)32-2)28-22-4-3-11-30-14-20(29-25(22)30)15-33-21-8-5-18(26)6-9-21/h3-14,16,28H,15H2,1-2H3. The van der Waals surface area contributed by atoms with Gasteiger partial charge in [0.25, 0.3) is 0 Å². The zero-order chi connectivity index (χ0) is 22.8. The number of aryl methyl sites for hydroxylation is 1. The number of ether oxygens (including phenoxy) is 2. The van der Waals surface area contributed by atoms with E-state index in [2.05, 4.69) is 10.3 Å². The fourth-order valence-electron chi connectivity index (χ4n) is 3.60. The number of rotatable bonds is 7. The van der Waals surface area contributed by atoms with Gasteiger partial charge in [0.2, 0.25) is 0 Å². The molecule has 0 amide bonds. The molecule has 0 radical (unpaired) electrons. The first kappa shape index (κ1) is 20.6. The van der Waals surface area contributed by atoms with Gasteiger partial charge in [-0.25, -0.2) is 14.4 Å². The number of halogens is 1. The van der Waals surface area contributed by atoms with Gasteiger partial charge in [-0.1, -0.05) is 0 Å². The Morgan fingerprint density at radius 2 is 1.91 bits per heavy atom. The SMILES string of the molecule is COc1cc(Nc2cccn3cc(COc4ccc(F)cc4)nc23)ccc1-n1cnc(C)c1. The summed E-state index contributed by atoms with van der Waals surface area (Å²) in [5.41, 5.74) is 5.08. The molecule has 0 atom stereocenters. The third-order valence-electron chi connectivity index (χ3n) is 5.18. The Bertz CT molecular complexity index is 1410. The van der Waals surface area contributed by atoms with Crippen LogP contribution in [0.5, 0.6) is 11.5 Å². The van der Waals surface area contributed by atoms with Crippen molar-refractivity contribution in [2.45, 2.75) is 13.5 Å². The van der Waals surface area contributed by atoms with Gasteiger partial charge < -0.3 is 23.8 Å². The number of aromatic nitrogens is 4. The second kappa shape index (κ2) is 8.66. The fraction of sp³-hybridized carbons (Fsp3) is 0.120. The highest BCUT2D eigenvalue weighted by Crippen LogP contribution is 2.30. The molecule has 166 valence electrons. The van der Waals surface area contributed by atoms with E-state index < -0.39 is 0 Å². The van der Waals surface area contributed by atoms with Crippen LogP contribution in [0.3, 0.4) is 0 Å². The van der Waals surface area contributed by atoms with Gasteiger partial charge in [-0.05, 0) is 55.5 Å². The van der Waals surface area contributed by atoms with Crippen molar-refractivity contribution in [2.24, 2.45) is 0 Å². The number of hydrogen-bond acceptors (Lipinski definition) is 5. The first-order valence-electron chi connectivity index (χ1n) is 10.4. The number of pyridine rings is 1. The largest absolute Gasteiger partial charge is 0.494 e. The van der Waals surface area contributed by atoms with Gasteiger partial charge in [-0.2, -0.15) is 0 Å². The number of hydrogen-bond donors (Lipinski definition) is 1. The number of nitrogens with zero attached hydrogens (tertiary/aromatic N) is 4. The molecule has 2 aromatic carbocycles. The van der Waals surface area contributed by atoms with E-state index in [0.29, 0.717) is 5.75 Å². The van der Waals surface area contributed by atoms with Crippen LogP contribution in [0, 0.1) is 12.7 Å². The van der Waals surface area contributed by atoms with Crippen molar-refractivity contribution in [1.29, 1.82) is 0 Å². The molecule has 0 spiro atoms. The average molecular weight is 443 g/mol. The van der Waals surface area contributed by atoms with E-state index in [4.69, 9.17) is 14.5 Å². The zero-order valence-corrected chi connectivity index (χ0v) is 18.2. The molecule has 0 saturated heterocycles. The summed E-state index contributed by atoms with van der Waals surface area (Å²) in [6.45, 7) is 2.22. The molecule has 0 unspecified atom stereocenters. The Labute approximate surface area is 190 Å². The van der Waals surface area contributed by atoms with Gasteiger partial charge in [0.1, 0.15) is 23.9 Å². The van der Waals surface area contributed by atoms with Crippen LogP contribution < -0.4 is 14.8 Å². The van der Waals surface area contributed by atoms with Crippen LogP contribution >= 0.6 is 0 Å². The molecule has 5 rings (SSSR count). The van der Waals surface area contributed by atoms with Crippen molar-refractivity contribution in [3.8, 4) is 17.2 Å². The van der Waals surface area contributed by atoms with Crippen LogP contribution in [0.2, 0.25) is 0 Å². The zero-order valence-electron chi connectivity index (χ0n) is 18.2. The normalized spacial score (nSPS) is 11.0. The highest BCUT2D eigenvalue weighted by molar-refractivity contribution is 5.75. The molecule has 8 heteroatoms. The molecule has 0 bridgehead atoms. The molecule has 3 aromatic heterocycles. The summed E-state index contributed by atoms with van der Waals surface area (Å²) < 4.78 is 28.3. The molecule has 0 aliphatic carbocycles. The summed E-state index contributed by atoms with van der Waals surface area (Å²) in [7, 11) is 1.65. The van der Waals surface area contributed by atoms with Gasteiger partial charge in [-0.15, -0.1) is 0 Å². The van der Waals surface area contributed by atoms with E-state index in [9.17, 15) is 4.39 Å². The van der Waals surface area contributed by atoms with Gasteiger partial charge >= 0.3 is 0 Å². The number of benzene rings is 2. The van der Waals surface area contributed by atoms with E-state index in [1.807, 2.05) is 64.8 Å². The predicted molar refractivity (Wildman–Crippen MR) is 124 cm³/mol. The Kier molecular flexibility index (Phi) is 5.40. The maximum Gasteiger partial charge on any atom is 0.161 e.